The Morgan fingerprint density at radius 3 is 2.39 bits per heavy atom. The van der Waals surface area contributed by atoms with E-state index in [9.17, 15) is 4.79 Å². The standard InChI is InChI=1S/C16H12Br4O3/c1-8(15-11(17)3-2-4-12(15)18)5-10-13(19)6-9(7-14(10)20)23-16(21)22/h2-4,6-7,11H,5H2,1H3,(H,21,22). The molecule has 0 saturated carbocycles. The Kier molecular flexibility index (Phi) is 6.71. The lowest BCUT2D eigenvalue weighted by atomic mass is 9.97. The van der Waals surface area contributed by atoms with Crippen LogP contribution in [0, 0.1) is 0 Å². The van der Waals surface area contributed by atoms with Crippen LogP contribution >= 0.6 is 63.7 Å². The predicted octanol–water partition coefficient (Wildman–Crippen LogP) is 6.74. The molecule has 0 spiro atoms. The SMILES string of the molecule is CC(Cc1c(Br)cc(OC(=O)O)cc1Br)=C1C(Br)=CC=CC1Br. The third kappa shape index (κ3) is 4.81. The molecule has 0 bridgehead atoms. The number of hydrogen-bond acceptors (Lipinski definition) is 2. The first-order chi connectivity index (χ1) is 10.8. The number of carboxylic acid groups (broad SMARTS) is 1. The summed E-state index contributed by atoms with van der Waals surface area (Å²) in [7, 11) is 0. The average molecular weight is 572 g/mol. The van der Waals surface area contributed by atoms with Crippen LogP contribution in [0.1, 0.15) is 12.5 Å². The molecule has 0 aromatic heterocycles. The highest BCUT2D eigenvalue weighted by Crippen LogP contribution is 2.37. The molecule has 1 N–H and O–H groups in total. The number of allylic oxidation sites excluding steroid dienone is 6. The minimum atomic E-state index is -1.33. The third-order valence-electron chi connectivity index (χ3n) is 3.28. The van der Waals surface area contributed by atoms with Gasteiger partial charge in [-0.1, -0.05) is 81.4 Å². The van der Waals surface area contributed by atoms with Crippen molar-refractivity contribution in [2.75, 3.05) is 0 Å². The Labute approximate surface area is 168 Å². The Bertz CT molecular complexity index is 712. The molecule has 23 heavy (non-hydrogen) atoms. The van der Waals surface area contributed by atoms with Crippen LogP contribution in [0.15, 0.2) is 54.9 Å². The average Bonchev–Trinajstić information content (AvgIpc) is 2.42. The van der Waals surface area contributed by atoms with Crippen molar-refractivity contribution in [3.63, 3.8) is 0 Å². The highest BCUT2D eigenvalue weighted by Gasteiger charge is 2.18. The molecule has 1 aliphatic carbocycles. The number of benzene rings is 1. The van der Waals surface area contributed by atoms with E-state index in [4.69, 9.17) is 9.84 Å². The van der Waals surface area contributed by atoms with Gasteiger partial charge in [-0.25, -0.2) is 4.79 Å². The van der Waals surface area contributed by atoms with Gasteiger partial charge in [0.25, 0.3) is 0 Å². The maximum Gasteiger partial charge on any atom is 0.511 e. The van der Waals surface area contributed by atoms with Gasteiger partial charge in [0.15, 0.2) is 0 Å². The molecule has 0 aliphatic heterocycles. The smallest absolute Gasteiger partial charge is 0.449 e. The zero-order valence-corrected chi connectivity index (χ0v) is 18.3. The lowest BCUT2D eigenvalue weighted by Gasteiger charge is -2.19. The number of halogens is 4. The molecule has 1 unspecified atom stereocenters. The van der Waals surface area contributed by atoms with Crippen molar-refractivity contribution < 1.29 is 14.6 Å². The highest BCUT2D eigenvalue weighted by atomic mass is 79.9. The number of carbonyl (C=O) groups is 1. The van der Waals surface area contributed by atoms with Crippen molar-refractivity contribution in [2.45, 2.75) is 18.2 Å². The number of ether oxygens (including phenoxy) is 1. The van der Waals surface area contributed by atoms with Gasteiger partial charge in [0.2, 0.25) is 0 Å². The van der Waals surface area contributed by atoms with Crippen LogP contribution in [0.25, 0.3) is 0 Å². The van der Waals surface area contributed by atoms with Crippen molar-refractivity contribution >= 4 is 69.9 Å². The molecular formula is C16H12Br4O3. The van der Waals surface area contributed by atoms with E-state index in [1.807, 2.05) is 12.2 Å². The molecule has 1 aliphatic rings. The molecule has 7 heteroatoms. The summed E-state index contributed by atoms with van der Waals surface area (Å²) in [6.45, 7) is 2.08. The van der Waals surface area contributed by atoms with Gasteiger partial charge >= 0.3 is 6.16 Å². The number of alkyl halides is 1. The monoisotopic (exact) mass is 568 g/mol. The fourth-order valence-electron chi connectivity index (χ4n) is 2.26. The summed E-state index contributed by atoms with van der Waals surface area (Å²) < 4.78 is 7.34. The van der Waals surface area contributed by atoms with E-state index in [0.29, 0.717) is 6.42 Å². The molecule has 0 fully saturated rings. The highest BCUT2D eigenvalue weighted by molar-refractivity contribution is 9.12. The molecule has 1 aromatic rings. The van der Waals surface area contributed by atoms with Gasteiger partial charge in [-0.3, -0.25) is 0 Å². The maximum atomic E-state index is 10.6. The summed E-state index contributed by atoms with van der Waals surface area (Å²) in [4.78, 5) is 10.8. The minimum Gasteiger partial charge on any atom is -0.449 e. The van der Waals surface area contributed by atoms with E-state index in [2.05, 4.69) is 76.7 Å². The molecule has 3 nitrogen and oxygen atoms in total. The van der Waals surface area contributed by atoms with Crippen LogP contribution in [0.4, 0.5) is 4.79 Å². The Morgan fingerprint density at radius 1 is 1.26 bits per heavy atom. The Morgan fingerprint density at radius 2 is 1.87 bits per heavy atom. The van der Waals surface area contributed by atoms with Crippen molar-refractivity contribution in [3.05, 3.63) is 60.5 Å². The van der Waals surface area contributed by atoms with E-state index in [0.717, 1.165) is 19.0 Å². The van der Waals surface area contributed by atoms with Gasteiger partial charge < -0.3 is 9.84 Å². The summed E-state index contributed by atoms with van der Waals surface area (Å²) in [6, 6.07) is 3.31. The molecule has 0 radical (unpaired) electrons. The molecule has 122 valence electrons. The second kappa shape index (κ2) is 8.14. The van der Waals surface area contributed by atoms with Crippen LogP contribution in [0.2, 0.25) is 0 Å². The van der Waals surface area contributed by atoms with Crippen molar-refractivity contribution in [2.24, 2.45) is 0 Å². The van der Waals surface area contributed by atoms with Crippen LogP contribution < -0.4 is 4.74 Å². The largest absolute Gasteiger partial charge is 0.511 e. The second-order valence-electron chi connectivity index (χ2n) is 4.91. The number of hydrogen-bond donors (Lipinski definition) is 1. The van der Waals surface area contributed by atoms with Gasteiger partial charge in [0, 0.05) is 13.4 Å². The first-order valence-corrected chi connectivity index (χ1v) is 9.85. The van der Waals surface area contributed by atoms with Crippen molar-refractivity contribution in [1.82, 2.24) is 0 Å². The normalized spacial score (nSPS) is 19.3. The van der Waals surface area contributed by atoms with Crippen molar-refractivity contribution in [1.29, 1.82) is 0 Å². The van der Waals surface area contributed by atoms with Gasteiger partial charge in [0.1, 0.15) is 5.75 Å². The van der Waals surface area contributed by atoms with Crippen molar-refractivity contribution in [3.8, 4) is 5.75 Å². The Hall–Kier alpha value is -0.370. The minimum absolute atomic E-state index is 0.161. The second-order valence-corrected chi connectivity index (χ2v) is 8.46. The van der Waals surface area contributed by atoms with E-state index in [1.165, 1.54) is 11.1 Å². The summed E-state index contributed by atoms with van der Waals surface area (Å²) in [6.07, 6.45) is 5.48. The topological polar surface area (TPSA) is 46.5 Å². The summed E-state index contributed by atoms with van der Waals surface area (Å²) in [5, 5.41) is 8.71. The summed E-state index contributed by atoms with van der Waals surface area (Å²) in [5.74, 6) is 0.269. The van der Waals surface area contributed by atoms with Gasteiger partial charge in [-0.15, -0.1) is 0 Å². The molecule has 0 heterocycles. The van der Waals surface area contributed by atoms with Crippen LogP contribution in [0.3, 0.4) is 0 Å². The molecule has 1 atom stereocenters. The maximum absolute atomic E-state index is 10.6. The van der Waals surface area contributed by atoms with Crippen LogP contribution in [-0.2, 0) is 6.42 Å². The fourth-order valence-corrected chi connectivity index (χ4v) is 5.55. The van der Waals surface area contributed by atoms with E-state index < -0.39 is 6.16 Å². The quantitative estimate of drug-likeness (QED) is 0.248. The third-order valence-corrected chi connectivity index (χ3v) is 6.15. The van der Waals surface area contributed by atoms with Crippen LogP contribution in [-0.4, -0.2) is 16.1 Å². The van der Waals surface area contributed by atoms with Gasteiger partial charge in [0.05, 0.1) is 4.83 Å². The zero-order valence-electron chi connectivity index (χ0n) is 11.9. The van der Waals surface area contributed by atoms with Crippen LogP contribution in [0.5, 0.6) is 5.75 Å². The summed E-state index contributed by atoms with van der Waals surface area (Å²) in [5.41, 5.74) is 3.42. The summed E-state index contributed by atoms with van der Waals surface area (Å²) >= 11 is 14.2. The van der Waals surface area contributed by atoms with Gasteiger partial charge in [-0.2, -0.15) is 0 Å². The fraction of sp³-hybridized carbons (Fsp3) is 0.188. The van der Waals surface area contributed by atoms with E-state index >= 15 is 0 Å². The predicted molar refractivity (Wildman–Crippen MR) is 106 cm³/mol. The Balaban J connectivity index is 2.35. The lowest BCUT2D eigenvalue weighted by molar-refractivity contribution is 0.144. The first kappa shape index (κ1) is 19.0. The number of rotatable bonds is 3. The zero-order chi connectivity index (χ0) is 17.1. The van der Waals surface area contributed by atoms with Gasteiger partial charge in [-0.05, 0) is 42.7 Å². The molecule has 1 aromatic carbocycles. The molecular weight excluding hydrogens is 560 g/mol. The molecule has 0 amide bonds. The first-order valence-electron chi connectivity index (χ1n) is 6.56. The van der Waals surface area contributed by atoms with E-state index in [1.54, 1.807) is 12.1 Å². The molecule has 0 saturated heterocycles. The molecule has 2 rings (SSSR count). The van der Waals surface area contributed by atoms with E-state index in [-0.39, 0.29) is 10.6 Å². The lowest BCUT2D eigenvalue weighted by Crippen LogP contribution is -2.07.